The van der Waals surface area contributed by atoms with E-state index in [1.54, 1.807) is 6.20 Å². The van der Waals surface area contributed by atoms with Gasteiger partial charge in [0.1, 0.15) is 0 Å². The molecule has 3 heterocycles. The van der Waals surface area contributed by atoms with Gasteiger partial charge in [-0.2, -0.15) is 0 Å². The number of thioether (sulfide) groups is 1. The lowest BCUT2D eigenvalue weighted by Gasteiger charge is -2.35. The largest absolute Gasteiger partial charge is 0.294 e. The first-order valence-corrected chi connectivity index (χ1v) is 17.0. The SMILES string of the molecule is O=C(CCCSC(c1ccccc1)(c1ccccc1)c1ccccc1)c1ccc(CN(Cc2ccccn2)Cc2ccccn2)nc1. The first kappa shape index (κ1) is 32.0. The Labute approximate surface area is 281 Å². The van der Waals surface area contributed by atoms with Crippen LogP contribution in [0.3, 0.4) is 0 Å². The van der Waals surface area contributed by atoms with Crippen molar-refractivity contribution in [1.82, 2.24) is 19.9 Å². The molecule has 0 radical (unpaired) electrons. The maximum Gasteiger partial charge on any atom is 0.164 e. The second kappa shape index (κ2) is 16.1. The fourth-order valence-electron chi connectivity index (χ4n) is 5.89. The molecule has 0 unspecified atom stereocenters. The Bertz CT molecular complexity index is 1670. The number of ketones is 1. The molecular formula is C41H38N4OS. The quantitative estimate of drug-likeness (QED) is 0.0640. The highest BCUT2D eigenvalue weighted by atomic mass is 32.2. The average Bonchev–Trinajstić information content (AvgIpc) is 3.14. The summed E-state index contributed by atoms with van der Waals surface area (Å²) in [4.78, 5) is 29.3. The van der Waals surface area contributed by atoms with Gasteiger partial charge < -0.3 is 0 Å². The van der Waals surface area contributed by atoms with Gasteiger partial charge >= 0.3 is 0 Å². The summed E-state index contributed by atoms with van der Waals surface area (Å²) < 4.78 is -0.382. The maximum absolute atomic E-state index is 13.3. The molecule has 0 aliphatic rings. The normalized spacial score (nSPS) is 11.4. The number of nitrogens with zero attached hydrogens (tertiary/aromatic N) is 4. The highest BCUT2D eigenvalue weighted by molar-refractivity contribution is 8.00. The number of Topliss-reactive ketones (excluding diaryl/α,β-unsaturated/α-hetero) is 1. The van der Waals surface area contributed by atoms with Crippen molar-refractivity contribution >= 4 is 17.5 Å². The number of benzene rings is 3. The molecule has 0 aliphatic heterocycles. The molecule has 0 bridgehead atoms. The van der Waals surface area contributed by atoms with Gasteiger partial charge in [0.2, 0.25) is 0 Å². The lowest BCUT2D eigenvalue weighted by molar-refractivity contribution is 0.0981. The monoisotopic (exact) mass is 634 g/mol. The smallest absolute Gasteiger partial charge is 0.164 e. The van der Waals surface area contributed by atoms with E-state index >= 15 is 0 Å². The van der Waals surface area contributed by atoms with Crippen LogP contribution >= 0.6 is 11.8 Å². The van der Waals surface area contributed by atoms with E-state index in [0.29, 0.717) is 31.6 Å². The fraction of sp³-hybridized carbons (Fsp3) is 0.171. The minimum atomic E-state index is -0.382. The summed E-state index contributed by atoms with van der Waals surface area (Å²) >= 11 is 1.89. The van der Waals surface area contributed by atoms with Crippen LogP contribution in [-0.2, 0) is 24.4 Å². The van der Waals surface area contributed by atoms with E-state index in [-0.39, 0.29) is 10.5 Å². The Hall–Kier alpha value is -4.91. The number of rotatable bonds is 15. The molecule has 0 aliphatic carbocycles. The second-order valence-corrected chi connectivity index (χ2v) is 12.8. The third-order valence-corrected chi connectivity index (χ3v) is 9.80. The Morgan fingerprint density at radius 1 is 0.553 bits per heavy atom. The van der Waals surface area contributed by atoms with Gasteiger partial charge in [-0.3, -0.25) is 24.6 Å². The van der Waals surface area contributed by atoms with E-state index in [1.165, 1.54) is 16.7 Å². The van der Waals surface area contributed by atoms with Crippen LogP contribution in [0, 0.1) is 0 Å². The highest BCUT2D eigenvalue weighted by Gasteiger charge is 2.36. The molecule has 0 saturated carbocycles. The van der Waals surface area contributed by atoms with Crippen molar-refractivity contribution in [3.05, 3.63) is 197 Å². The van der Waals surface area contributed by atoms with Crippen LogP contribution in [0.25, 0.3) is 0 Å². The number of carbonyl (C=O) groups is 1. The molecule has 5 nitrogen and oxygen atoms in total. The topological polar surface area (TPSA) is 59.0 Å². The maximum atomic E-state index is 13.3. The van der Waals surface area contributed by atoms with Crippen LogP contribution in [0.4, 0.5) is 0 Å². The molecule has 6 rings (SSSR count). The number of carbonyl (C=O) groups excluding carboxylic acids is 1. The summed E-state index contributed by atoms with van der Waals surface area (Å²) in [7, 11) is 0. The van der Waals surface area contributed by atoms with Crippen LogP contribution in [-0.4, -0.2) is 31.4 Å². The Kier molecular flexibility index (Phi) is 11.0. The first-order chi connectivity index (χ1) is 23.2. The molecule has 0 N–H and O–H groups in total. The van der Waals surface area contributed by atoms with Crippen LogP contribution in [0.15, 0.2) is 158 Å². The number of hydrogen-bond donors (Lipinski definition) is 0. The number of aromatic nitrogens is 3. The molecule has 6 aromatic rings. The average molecular weight is 635 g/mol. The van der Waals surface area contributed by atoms with Gasteiger partial charge in [0.15, 0.2) is 5.78 Å². The van der Waals surface area contributed by atoms with Crippen molar-refractivity contribution in [2.45, 2.75) is 37.2 Å². The third-order valence-electron chi connectivity index (χ3n) is 8.16. The Balaban J connectivity index is 1.12. The fourth-order valence-corrected chi connectivity index (χ4v) is 7.40. The molecular weight excluding hydrogens is 597 g/mol. The third kappa shape index (κ3) is 8.28. The minimum Gasteiger partial charge on any atom is -0.294 e. The standard InChI is InChI=1S/C41H38N4OS/c46-40(33-24-25-39(44-29-33)32-45(30-37-21-10-12-26-42-37)31-38-22-11-13-27-43-38)23-14-28-47-41(34-15-4-1-5-16-34,35-17-6-2-7-18-35)36-19-8-3-9-20-36/h1-13,15-22,24-27,29H,14,23,28,30-32H2. The van der Waals surface area contributed by atoms with E-state index < -0.39 is 0 Å². The first-order valence-electron chi connectivity index (χ1n) is 16.0. The summed E-state index contributed by atoms with van der Waals surface area (Å²) in [5, 5.41) is 0. The van der Waals surface area contributed by atoms with Gasteiger partial charge in [-0.05, 0) is 65.3 Å². The lowest BCUT2D eigenvalue weighted by atomic mass is 9.84. The van der Waals surface area contributed by atoms with E-state index in [0.717, 1.165) is 29.3 Å². The van der Waals surface area contributed by atoms with Crippen molar-refractivity contribution in [1.29, 1.82) is 0 Å². The molecule has 3 aromatic heterocycles. The zero-order valence-electron chi connectivity index (χ0n) is 26.4. The predicted molar refractivity (Wildman–Crippen MR) is 191 cm³/mol. The van der Waals surface area contributed by atoms with Crippen LogP contribution in [0.1, 0.15) is 57.0 Å². The van der Waals surface area contributed by atoms with Gasteiger partial charge in [-0.25, -0.2) is 0 Å². The van der Waals surface area contributed by atoms with E-state index in [2.05, 4.69) is 106 Å². The van der Waals surface area contributed by atoms with Gasteiger partial charge in [-0.15, -0.1) is 11.8 Å². The van der Waals surface area contributed by atoms with Gasteiger partial charge in [0, 0.05) is 50.2 Å². The molecule has 234 valence electrons. The minimum absolute atomic E-state index is 0.119. The summed E-state index contributed by atoms with van der Waals surface area (Å²) in [5.74, 6) is 0.944. The molecule has 0 fully saturated rings. The second-order valence-electron chi connectivity index (χ2n) is 11.5. The van der Waals surface area contributed by atoms with E-state index in [4.69, 9.17) is 4.98 Å². The van der Waals surface area contributed by atoms with Gasteiger partial charge in [0.05, 0.1) is 21.8 Å². The van der Waals surface area contributed by atoms with Crippen LogP contribution in [0.5, 0.6) is 0 Å². The van der Waals surface area contributed by atoms with Crippen molar-refractivity contribution < 1.29 is 4.79 Å². The number of pyridine rings is 3. The van der Waals surface area contributed by atoms with Crippen molar-refractivity contribution in [2.75, 3.05) is 5.75 Å². The molecule has 3 aromatic carbocycles. The summed E-state index contributed by atoms with van der Waals surface area (Å²) in [6, 6.07) is 47.9. The lowest BCUT2D eigenvalue weighted by Crippen LogP contribution is -2.26. The van der Waals surface area contributed by atoms with Crippen molar-refractivity contribution in [3.8, 4) is 0 Å². The molecule has 0 atom stereocenters. The Morgan fingerprint density at radius 3 is 1.45 bits per heavy atom. The Morgan fingerprint density at radius 2 is 1.02 bits per heavy atom. The van der Waals surface area contributed by atoms with Gasteiger partial charge in [-0.1, -0.05) is 103 Å². The van der Waals surface area contributed by atoms with Crippen molar-refractivity contribution in [2.24, 2.45) is 0 Å². The molecule has 0 spiro atoms. The number of hydrogen-bond acceptors (Lipinski definition) is 6. The van der Waals surface area contributed by atoms with Crippen molar-refractivity contribution in [3.63, 3.8) is 0 Å². The molecule has 47 heavy (non-hydrogen) atoms. The zero-order valence-corrected chi connectivity index (χ0v) is 27.2. The van der Waals surface area contributed by atoms with E-state index in [9.17, 15) is 4.79 Å². The van der Waals surface area contributed by atoms with Gasteiger partial charge in [0.25, 0.3) is 0 Å². The summed E-state index contributed by atoms with van der Waals surface area (Å²) in [6.07, 6.45) is 6.59. The highest BCUT2D eigenvalue weighted by Crippen LogP contribution is 2.48. The summed E-state index contributed by atoms with van der Waals surface area (Å²) in [6.45, 7) is 1.97. The molecule has 6 heteroatoms. The molecule has 0 saturated heterocycles. The van der Waals surface area contributed by atoms with E-state index in [1.807, 2.05) is 72.7 Å². The van der Waals surface area contributed by atoms with Crippen LogP contribution in [0.2, 0.25) is 0 Å². The molecule has 0 amide bonds. The predicted octanol–water partition coefficient (Wildman–Crippen LogP) is 8.76. The zero-order chi connectivity index (χ0) is 32.2. The van der Waals surface area contributed by atoms with Crippen LogP contribution < -0.4 is 0 Å². The summed E-state index contributed by atoms with van der Waals surface area (Å²) in [5.41, 5.74) is 7.23.